The Bertz CT molecular complexity index is 527. The average Bonchev–Trinajstić information content (AvgIpc) is 2.39. The van der Waals surface area contributed by atoms with Crippen LogP contribution in [0.25, 0.3) is 0 Å². The van der Waals surface area contributed by atoms with Gasteiger partial charge in [0.1, 0.15) is 0 Å². The average molecular weight is 291 g/mol. The number of nitrogens with one attached hydrogen (secondary N) is 1. The van der Waals surface area contributed by atoms with Gasteiger partial charge in [-0.3, -0.25) is 10.7 Å². The van der Waals surface area contributed by atoms with E-state index in [0.29, 0.717) is 12.1 Å². The number of aliphatic imine (C=N–C) groups is 1. The number of hydrogen-bond donors (Lipinski definition) is 2. The molecule has 1 atom stereocenters. The number of alkyl halides is 1. The van der Waals surface area contributed by atoms with Gasteiger partial charge in [-0.15, -0.1) is 6.58 Å². The summed E-state index contributed by atoms with van der Waals surface area (Å²) >= 11 is 0. The summed E-state index contributed by atoms with van der Waals surface area (Å²) in [6.45, 7) is 9.94. The molecule has 3 N–H and O–H groups in total. The number of nitrogens with zero attached hydrogens (tertiary/aromatic N) is 1. The summed E-state index contributed by atoms with van der Waals surface area (Å²) in [7, 11) is 1.75. The van der Waals surface area contributed by atoms with Crippen LogP contribution in [0.2, 0.25) is 0 Å². The van der Waals surface area contributed by atoms with Crippen molar-refractivity contribution in [1.82, 2.24) is 0 Å². The third-order valence-electron chi connectivity index (χ3n) is 3.31. The van der Waals surface area contributed by atoms with Crippen LogP contribution in [-0.2, 0) is 5.79 Å². The van der Waals surface area contributed by atoms with Crippen LogP contribution in [0.5, 0.6) is 0 Å². The van der Waals surface area contributed by atoms with Crippen LogP contribution in [-0.4, -0.2) is 19.3 Å². The fourth-order valence-electron chi connectivity index (χ4n) is 2.19. The summed E-state index contributed by atoms with van der Waals surface area (Å²) in [5.74, 6) is -1.89. The van der Waals surface area contributed by atoms with E-state index in [0.717, 1.165) is 35.4 Å². The van der Waals surface area contributed by atoms with Crippen LogP contribution in [0.4, 0.5) is 10.1 Å². The first-order valence-electron chi connectivity index (χ1n) is 7.26. The zero-order valence-corrected chi connectivity index (χ0v) is 13.5. The number of allylic oxidation sites excluding steroid dienone is 1. The molecule has 0 aliphatic rings. The van der Waals surface area contributed by atoms with Gasteiger partial charge in [0.05, 0.1) is 0 Å². The van der Waals surface area contributed by atoms with Gasteiger partial charge in [-0.25, -0.2) is 4.39 Å². The normalized spacial score (nSPS) is 14.7. The SMILES string of the molecule is C=C(C)CC/C(=N\C)c1ccc(NCC)c(C(C)(N)F)c1. The maximum Gasteiger partial charge on any atom is 0.184 e. The summed E-state index contributed by atoms with van der Waals surface area (Å²) in [5.41, 5.74) is 9.79. The maximum atomic E-state index is 14.3. The largest absolute Gasteiger partial charge is 0.385 e. The number of rotatable bonds is 7. The van der Waals surface area contributed by atoms with E-state index in [1.54, 1.807) is 13.1 Å². The summed E-state index contributed by atoms with van der Waals surface area (Å²) in [4.78, 5) is 4.32. The molecule has 0 saturated heterocycles. The minimum Gasteiger partial charge on any atom is -0.385 e. The lowest BCUT2D eigenvalue weighted by Crippen LogP contribution is -2.28. The van der Waals surface area contributed by atoms with E-state index in [1.165, 1.54) is 6.92 Å². The molecule has 0 heterocycles. The van der Waals surface area contributed by atoms with Crippen molar-refractivity contribution in [1.29, 1.82) is 0 Å². The number of halogens is 1. The van der Waals surface area contributed by atoms with Crippen molar-refractivity contribution in [3.63, 3.8) is 0 Å². The molecular formula is C17H26FN3. The Balaban J connectivity index is 3.17. The lowest BCUT2D eigenvalue weighted by Gasteiger charge is -2.21. The van der Waals surface area contributed by atoms with E-state index in [1.807, 2.05) is 26.0 Å². The lowest BCUT2D eigenvalue weighted by atomic mass is 9.96. The molecule has 0 aromatic heterocycles. The molecule has 0 aliphatic carbocycles. The zero-order valence-electron chi connectivity index (χ0n) is 13.5. The molecule has 0 bridgehead atoms. The third-order valence-corrected chi connectivity index (χ3v) is 3.31. The van der Waals surface area contributed by atoms with Crippen molar-refractivity contribution >= 4 is 11.4 Å². The topological polar surface area (TPSA) is 50.4 Å². The van der Waals surface area contributed by atoms with Crippen molar-refractivity contribution in [3.8, 4) is 0 Å². The van der Waals surface area contributed by atoms with Crippen molar-refractivity contribution < 1.29 is 4.39 Å². The molecule has 0 amide bonds. The van der Waals surface area contributed by atoms with Gasteiger partial charge in [0.15, 0.2) is 5.79 Å². The van der Waals surface area contributed by atoms with Gasteiger partial charge in [0.25, 0.3) is 0 Å². The highest BCUT2D eigenvalue weighted by Crippen LogP contribution is 2.29. The second-order valence-corrected chi connectivity index (χ2v) is 5.49. The third kappa shape index (κ3) is 4.97. The number of benzene rings is 1. The highest BCUT2D eigenvalue weighted by molar-refractivity contribution is 6.01. The minimum absolute atomic E-state index is 0.457. The first-order valence-corrected chi connectivity index (χ1v) is 7.26. The molecule has 0 spiro atoms. The van der Waals surface area contributed by atoms with Crippen molar-refractivity contribution in [2.75, 3.05) is 18.9 Å². The first kappa shape index (κ1) is 17.4. The Morgan fingerprint density at radius 1 is 1.43 bits per heavy atom. The Labute approximate surface area is 127 Å². The fourth-order valence-corrected chi connectivity index (χ4v) is 2.19. The fraction of sp³-hybridized carbons (Fsp3) is 0.471. The zero-order chi connectivity index (χ0) is 16.0. The van der Waals surface area contributed by atoms with E-state index >= 15 is 0 Å². The van der Waals surface area contributed by atoms with Crippen molar-refractivity contribution in [3.05, 3.63) is 41.5 Å². The van der Waals surface area contributed by atoms with Crippen LogP contribution in [0, 0.1) is 0 Å². The predicted octanol–water partition coefficient (Wildman–Crippen LogP) is 3.99. The van der Waals surface area contributed by atoms with Gasteiger partial charge >= 0.3 is 0 Å². The van der Waals surface area contributed by atoms with Gasteiger partial charge in [0, 0.05) is 30.6 Å². The van der Waals surface area contributed by atoms with Gasteiger partial charge in [-0.1, -0.05) is 11.6 Å². The quantitative estimate of drug-likeness (QED) is 0.453. The van der Waals surface area contributed by atoms with Crippen molar-refractivity contribution in [2.45, 2.75) is 39.4 Å². The molecular weight excluding hydrogens is 265 g/mol. The van der Waals surface area contributed by atoms with E-state index in [-0.39, 0.29) is 0 Å². The molecule has 0 fully saturated rings. The standard InChI is InChI=1S/C17H26FN3/c1-6-21-16-10-8-13(11-14(16)17(4,18)19)15(20-5)9-7-12(2)3/h8,10-11,21H,2,6-7,9,19H2,1,3-5H3/b20-15+. The van der Waals surface area contributed by atoms with E-state index < -0.39 is 5.79 Å². The summed E-state index contributed by atoms with van der Waals surface area (Å²) in [6, 6.07) is 5.61. The number of nitrogens with two attached hydrogens (primary N) is 1. The molecule has 1 aromatic rings. The van der Waals surface area contributed by atoms with E-state index in [4.69, 9.17) is 5.73 Å². The molecule has 3 nitrogen and oxygen atoms in total. The summed E-state index contributed by atoms with van der Waals surface area (Å²) < 4.78 is 14.3. The summed E-state index contributed by atoms with van der Waals surface area (Å²) in [6.07, 6.45) is 1.66. The molecule has 1 unspecified atom stereocenters. The molecule has 0 saturated carbocycles. The van der Waals surface area contributed by atoms with Crippen LogP contribution < -0.4 is 11.1 Å². The van der Waals surface area contributed by atoms with Crippen molar-refractivity contribution in [2.24, 2.45) is 10.7 Å². The second-order valence-electron chi connectivity index (χ2n) is 5.49. The predicted molar refractivity (Wildman–Crippen MR) is 89.8 cm³/mol. The number of hydrogen-bond acceptors (Lipinski definition) is 3. The monoisotopic (exact) mass is 291 g/mol. The van der Waals surface area contributed by atoms with Gasteiger partial charge in [-0.2, -0.15) is 0 Å². The number of anilines is 1. The van der Waals surface area contributed by atoms with Gasteiger partial charge < -0.3 is 5.32 Å². The highest BCUT2D eigenvalue weighted by atomic mass is 19.1. The summed E-state index contributed by atoms with van der Waals surface area (Å²) in [5, 5.41) is 3.14. The molecule has 0 aliphatic heterocycles. The molecule has 116 valence electrons. The van der Waals surface area contributed by atoms with E-state index in [9.17, 15) is 4.39 Å². The van der Waals surface area contributed by atoms with E-state index in [2.05, 4.69) is 16.9 Å². The van der Waals surface area contributed by atoms with Crippen LogP contribution in [0.15, 0.2) is 35.3 Å². The first-order chi connectivity index (χ1) is 9.79. The van der Waals surface area contributed by atoms with Gasteiger partial charge in [-0.05, 0) is 51.3 Å². The molecule has 21 heavy (non-hydrogen) atoms. The Kier molecular flexibility index (Phi) is 6.09. The van der Waals surface area contributed by atoms with Gasteiger partial charge in [0.2, 0.25) is 0 Å². The molecule has 1 aromatic carbocycles. The maximum absolute atomic E-state index is 14.3. The Morgan fingerprint density at radius 2 is 2.10 bits per heavy atom. The smallest absolute Gasteiger partial charge is 0.184 e. The van der Waals surface area contributed by atoms with Crippen LogP contribution in [0.1, 0.15) is 44.7 Å². The molecule has 1 rings (SSSR count). The Hall–Kier alpha value is -1.68. The molecule has 4 heteroatoms. The lowest BCUT2D eigenvalue weighted by molar-refractivity contribution is 0.204. The Morgan fingerprint density at radius 3 is 2.57 bits per heavy atom. The van der Waals surface area contributed by atoms with Crippen LogP contribution in [0.3, 0.4) is 0 Å². The second kappa shape index (κ2) is 7.36. The highest BCUT2D eigenvalue weighted by Gasteiger charge is 2.24. The molecule has 0 radical (unpaired) electrons. The van der Waals surface area contributed by atoms with Crippen LogP contribution >= 0.6 is 0 Å². The minimum atomic E-state index is -1.89.